The minimum atomic E-state index is -0.336. The standard InChI is InChI=1S/C20H21N7O2/c1-5-14-12(3)22-20(24-18(14)28)27-16(10-11(2)25-27)23-19(29)17-13(4)21-15-8-6-7-9-26(15)17/h6-10,14H,5H2,1-4H3,(H,23,29). The van der Waals surface area contributed by atoms with E-state index in [0.717, 1.165) is 0 Å². The monoisotopic (exact) mass is 391 g/mol. The van der Waals surface area contributed by atoms with Crippen LogP contribution in [0.1, 0.15) is 42.1 Å². The van der Waals surface area contributed by atoms with Gasteiger partial charge in [0.05, 0.1) is 17.3 Å². The predicted molar refractivity (Wildman–Crippen MR) is 110 cm³/mol. The van der Waals surface area contributed by atoms with E-state index >= 15 is 0 Å². The fourth-order valence-electron chi connectivity index (χ4n) is 3.48. The summed E-state index contributed by atoms with van der Waals surface area (Å²) in [6, 6.07) is 7.25. The number of carbonyl (C=O) groups excluding carboxylic acids is 2. The highest BCUT2D eigenvalue weighted by Gasteiger charge is 2.27. The number of hydrogen-bond acceptors (Lipinski definition) is 5. The van der Waals surface area contributed by atoms with E-state index in [-0.39, 0.29) is 23.7 Å². The largest absolute Gasteiger partial charge is 0.305 e. The Morgan fingerprint density at radius 3 is 2.72 bits per heavy atom. The van der Waals surface area contributed by atoms with Gasteiger partial charge in [0.1, 0.15) is 17.2 Å². The predicted octanol–water partition coefficient (Wildman–Crippen LogP) is 2.63. The fourth-order valence-corrected chi connectivity index (χ4v) is 3.48. The Hall–Kier alpha value is -3.62. The molecule has 0 spiro atoms. The lowest BCUT2D eigenvalue weighted by Gasteiger charge is -2.17. The maximum Gasteiger partial charge on any atom is 0.275 e. The Morgan fingerprint density at radius 2 is 2.00 bits per heavy atom. The molecule has 1 N–H and O–H groups in total. The number of aliphatic imine (C=N–C) groups is 2. The molecule has 0 aliphatic carbocycles. The van der Waals surface area contributed by atoms with Gasteiger partial charge < -0.3 is 5.32 Å². The number of imidazole rings is 1. The summed E-state index contributed by atoms with van der Waals surface area (Å²) in [4.78, 5) is 38.3. The molecule has 148 valence electrons. The molecule has 9 heteroatoms. The number of nitrogens with zero attached hydrogens (tertiary/aromatic N) is 6. The number of hydrogen-bond donors (Lipinski definition) is 1. The quantitative estimate of drug-likeness (QED) is 0.741. The smallest absolute Gasteiger partial charge is 0.275 e. The van der Waals surface area contributed by atoms with Crippen molar-refractivity contribution in [2.75, 3.05) is 5.32 Å². The first kappa shape index (κ1) is 18.7. The van der Waals surface area contributed by atoms with Crippen LogP contribution in [0.3, 0.4) is 0 Å². The Kier molecular flexibility index (Phi) is 4.57. The third kappa shape index (κ3) is 3.24. The van der Waals surface area contributed by atoms with E-state index in [1.54, 1.807) is 37.4 Å². The molecule has 3 aromatic heterocycles. The summed E-state index contributed by atoms with van der Waals surface area (Å²) in [5, 5.41) is 7.22. The second-order valence-corrected chi connectivity index (χ2v) is 6.98. The van der Waals surface area contributed by atoms with Gasteiger partial charge in [-0.3, -0.25) is 14.0 Å². The molecule has 3 aromatic rings. The SMILES string of the molecule is CCC1C(=O)N=C(n2nc(C)cc2NC(=O)c2c(C)nc3ccccn23)N=C1C. The highest BCUT2D eigenvalue weighted by Crippen LogP contribution is 2.19. The Labute approximate surface area is 167 Å². The topological polar surface area (TPSA) is 106 Å². The number of pyridine rings is 1. The van der Waals surface area contributed by atoms with E-state index in [2.05, 4.69) is 25.4 Å². The van der Waals surface area contributed by atoms with Gasteiger partial charge >= 0.3 is 0 Å². The second kappa shape index (κ2) is 7.08. The summed E-state index contributed by atoms with van der Waals surface area (Å²) < 4.78 is 3.12. The molecule has 2 amide bonds. The number of rotatable bonds is 3. The van der Waals surface area contributed by atoms with E-state index in [0.29, 0.717) is 40.7 Å². The first-order valence-corrected chi connectivity index (χ1v) is 9.38. The van der Waals surface area contributed by atoms with E-state index in [1.165, 1.54) is 4.68 Å². The van der Waals surface area contributed by atoms with Crippen molar-refractivity contribution in [2.24, 2.45) is 15.9 Å². The van der Waals surface area contributed by atoms with Crippen molar-refractivity contribution < 1.29 is 9.59 Å². The third-order valence-electron chi connectivity index (χ3n) is 4.88. The van der Waals surface area contributed by atoms with Crippen LogP contribution in [0.4, 0.5) is 5.82 Å². The van der Waals surface area contributed by atoms with Crippen LogP contribution in [0, 0.1) is 19.8 Å². The van der Waals surface area contributed by atoms with Gasteiger partial charge in [-0.15, -0.1) is 0 Å². The lowest BCUT2D eigenvalue weighted by atomic mass is 10.00. The zero-order chi connectivity index (χ0) is 20.7. The van der Waals surface area contributed by atoms with Crippen molar-refractivity contribution in [3.63, 3.8) is 0 Å². The zero-order valence-electron chi connectivity index (χ0n) is 16.7. The maximum atomic E-state index is 13.0. The van der Waals surface area contributed by atoms with Crippen molar-refractivity contribution in [3.8, 4) is 0 Å². The number of aryl methyl sites for hydroxylation is 2. The minimum Gasteiger partial charge on any atom is -0.305 e. The van der Waals surface area contributed by atoms with Gasteiger partial charge in [-0.2, -0.15) is 14.8 Å². The van der Waals surface area contributed by atoms with Crippen LogP contribution in [0.5, 0.6) is 0 Å². The molecule has 0 aromatic carbocycles. The van der Waals surface area contributed by atoms with E-state index < -0.39 is 0 Å². The summed E-state index contributed by atoms with van der Waals surface area (Å²) in [6.45, 7) is 7.30. The van der Waals surface area contributed by atoms with Crippen molar-refractivity contribution in [1.82, 2.24) is 19.2 Å². The van der Waals surface area contributed by atoms with Gasteiger partial charge in [-0.25, -0.2) is 9.98 Å². The van der Waals surface area contributed by atoms with Gasteiger partial charge in [0.2, 0.25) is 0 Å². The molecule has 0 saturated carbocycles. The normalized spacial score (nSPS) is 16.7. The van der Waals surface area contributed by atoms with Gasteiger partial charge in [0, 0.05) is 18.0 Å². The van der Waals surface area contributed by atoms with Crippen molar-refractivity contribution in [3.05, 3.63) is 47.5 Å². The van der Waals surface area contributed by atoms with Crippen LogP contribution >= 0.6 is 0 Å². The van der Waals surface area contributed by atoms with Crippen LogP contribution in [0.2, 0.25) is 0 Å². The molecule has 4 rings (SSSR count). The number of amides is 2. The van der Waals surface area contributed by atoms with Crippen LogP contribution < -0.4 is 5.32 Å². The van der Waals surface area contributed by atoms with Crippen LogP contribution in [-0.2, 0) is 4.79 Å². The molecule has 1 unspecified atom stereocenters. The van der Waals surface area contributed by atoms with Crippen molar-refractivity contribution >= 4 is 35.0 Å². The lowest BCUT2D eigenvalue weighted by molar-refractivity contribution is -0.119. The maximum absolute atomic E-state index is 13.0. The van der Waals surface area contributed by atoms with Gasteiger partial charge in [0.25, 0.3) is 17.8 Å². The lowest BCUT2D eigenvalue weighted by Crippen LogP contribution is -2.30. The molecule has 29 heavy (non-hydrogen) atoms. The molecule has 0 radical (unpaired) electrons. The fraction of sp³-hybridized carbons (Fsp3) is 0.300. The Balaban J connectivity index is 1.70. The molecule has 1 aliphatic heterocycles. The molecule has 4 heterocycles. The summed E-state index contributed by atoms with van der Waals surface area (Å²) in [7, 11) is 0. The third-order valence-corrected chi connectivity index (χ3v) is 4.88. The average molecular weight is 391 g/mol. The summed E-state index contributed by atoms with van der Waals surface area (Å²) in [5.41, 5.74) is 3.08. The molecule has 1 aliphatic rings. The number of aromatic nitrogens is 4. The summed E-state index contributed by atoms with van der Waals surface area (Å²) >= 11 is 0. The van der Waals surface area contributed by atoms with Crippen LogP contribution in [0.15, 0.2) is 40.4 Å². The first-order chi connectivity index (χ1) is 13.9. The number of fused-ring (bicyclic) bond motifs is 1. The van der Waals surface area contributed by atoms with Crippen molar-refractivity contribution in [1.29, 1.82) is 0 Å². The molecular weight excluding hydrogens is 370 g/mol. The molecule has 0 saturated heterocycles. The average Bonchev–Trinajstić information content (AvgIpc) is 3.19. The van der Waals surface area contributed by atoms with E-state index in [9.17, 15) is 9.59 Å². The second-order valence-electron chi connectivity index (χ2n) is 6.98. The number of carbonyl (C=O) groups is 2. The van der Waals surface area contributed by atoms with E-state index in [1.807, 2.05) is 25.1 Å². The van der Waals surface area contributed by atoms with E-state index in [4.69, 9.17) is 0 Å². The molecule has 9 nitrogen and oxygen atoms in total. The first-order valence-electron chi connectivity index (χ1n) is 9.38. The Bertz CT molecular complexity index is 1200. The number of anilines is 1. The highest BCUT2D eigenvalue weighted by atomic mass is 16.2. The minimum absolute atomic E-state index is 0.149. The molecule has 0 fully saturated rings. The Morgan fingerprint density at radius 1 is 1.21 bits per heavy atom. The molecule has 0 bridgehead atoms. The zero-order valence-corrected chi connectivity index (χ0v) is 16.7. The molecular formula is C20H21N7O2. The van der Waals surface area contributed by atoms with Crippen LogP contribution in [-0.4, -0.2) is 42.7 Å². The molecule has 1 atom stereocenters. The van der Waals surface area contributed by atoms with Crippen LogP contribution in [0.25, 0.3) is 5.65 Å². The summed E-state index contributed by atoms with van der Waals surface area (Å²) in [6.07, 6.45) is 2.43. The summed E-state index contributed by atoms with van der Waals surface area (Å²) in [5.74, 6) is -0.365. The number of nitrogens with one attached hydrogen (secondary N) is 1. The van der Waals surface area contributed by atoms with Crippen molar-refractivity contribution in [2.45, 2.75) is 34.1 Å². The van der Waals surface area contributed by atoms with Gasteiger partial charge in [0.15, 0.2) is 0 Å². The van der Waals surface area contributed by atoms with Gasteiger partial charge in [-0.1, -0.05) is 13.0 Å². The highest BCUT2D eigenvalue weighted by molar-refractivity contribution is 6.15. The van der Waals surface area contributed by atoms with Gasteiger partial charge in [-0.05, 0) is 39.3 Å².